The molecule has 2 aliphatic rings. The van der Waals surface area contributed by atoms with E-state index < -0.39 is 11.4 Å². The fraction of sp³-hybridized carbons (Fsp3) is 0.688. The number of rotatable bonds is 4. The zero-order valence-electron chi connectivity index (χ0n) is 13.6. The van der Waals surface area contributed by atoms with Gasteiger partial charge in [0.05, 0.1) is 5.01 Å². The average molecular weight is 337 g/mol. The van der Waals surface area contributed by atoms with Crippen LogP contribution in [0.5, 0.6) is 0 Å². The van der Waals surface area contributed by atoms with Crippen molar-refractivity contribution in [3.63, 3.8) is 0 Å². The quantitative estimate of drug-likeness (QED) is 0.903. The van der Waals surface area contributed by atoms with Gasteiger partial charge in [-0.1, -0.05) is 6.92 Å². The molecule has 0 spiro atoms. The molecule has 7 heteroatoms. The van der Waals surface area contributed by atoms with E-state index in [2.05, 4.69) is 16.8 Å². The number of fused-ring (bicyclic) bond motifs is 1. The SMILES string of the molecule is CCCc1nc(C(=O)N2C[C@@H]3CCN(C)C[C@]3(C(=O)O)C2)cs1. The number of hydrogen-bond donors (Lipinski definition) is 1. The largest absolute Gasteiger partial charge is 0.481 e. The molecule has 2 atom stereocenters. The fourth-order valence-corrected chi connectivity index (χ4v) is 4.70. The Morgan fingerprint density at radius 3 is 2.96 bits per heavy atom. The van der Waals surface area contributed by atoms with Crippen molar-refractivity contribution in [2.75, 3.05) is 33.2 Å². The highest BCUT2D eigenvalue weighted by atomic mass is 32.1. The predicted molar refractivity (Wildman–Crippen MR) is 87.7 cm³/mol. The molecule has 1 aromatic heterocycles. The van der Waals surface area contributed by atoms with E-state index in [9.17, 15) is 14.7 Å². The zero-order valence-corrected chi connectivity index (χ0v) is 14.4. The molecule has 3 heterocycles. The Kier molecular flexibility index (Phi) is 4.42. The molecule has 2 saturated heterocycles. The number of aryl methyl sites for hydroxylation is 1. The Bertz CT molecular complexity index is 617. The molecule has 0 saturated carbocycles. The molecule has 6 nitrogen and oxygen atoms in total. The Morgan fingerprint density at radius 1 is 1.48 bits per heavy atom. The number of thiazole rings is 1. The Hall–Kier alpha value is -1.47. The van der Waals surface area contributed by atoms with Crippen molar-refractivity contribution in [3.8, 4) is 0 Å². The zero-order chi connectivity index (χ0) is 16.6. The van der Waals surface area contributed by atoms with Crippen molar-refractivity contribution < 1.29 is 14.7 Å². The van der Waals surface area contributed by atoms with Gasteiger partial charge in [-0.05, 0) is 38.8 Å². The molecule has 0 aromatic carbocycles. The predicted octanol–water partition coefficient (Wildman–Crippen LogP) is 1.57. The van der Waals surface area contributed by atoms with Crippen LogP contribution in [0.25, 0.3) is 0 Å². The number of likely N-dealkylation sites (tertiary alicyclic amines) is 2. The van der Waals surface area contributed by atoms with Crippen LogP contribution in [-0.2, 0) is 11.2 Å². The van der Waals surface area contributed by atoms with Crippen molar-refractivity contribution in [2.24, 2.45) is 11.3 Å². The Balaban J connectivity index is 1.79. The molecule has 0 radical (unpaired) electrons. The second-order valence-corrected chi connectivity index (χ2v) is 7.69. The highest BCUT2D eigenvalue weighted by Gasteiger charge is 2.55. The van der Waals surface area contributed by atoms with Crippen molar-refractivity contribution >= 4 is 23.2 Å². The lowest BCUT2D eigenvalue weighted by Gasteiger charge is -2.39. The Labute approximate surface area is 140 Å². The van der Waals surface area contributed by atoms with Gasteiger partial charge in [-0.2, -0.15) is 0 Å². The molecule has 2 aliphatic heterocycles. The summed E-state index contributed by atoms with van der Waals surface area (Å²) in [6, 6.07) is 0. The van der Waals surface area contributed by atoms with Crippen molar-refractivity contribution in [1.82, 2.24) is 14.8 Å². The number of aliphatic carboxylic acids is 1. The first kappa shape index (κ1) is 16.4. The topological polar surface area (TPSA) is 73.7 Å². The van der Waals surface area contributed by atoms with Crippen LogP contribution in [0, 0.1) is 11.3 Å². The van der Waals surface area contributed by atoms with Gasteiger partial charge >= 0.3 is 5.97 Å². The number of carbonyl (C=O) groups is 2. The summed E-state index contributed by atoms with van der Waals surface area (Å²) < 4.78 is 0. The highest BCUT2D eigenvalue weighted by molar-refractivity contribution is 7.09. The van der Waals surface area contributed by atoms with Crippen LogP contribution in [0.1, 0.15) is 35.3 Å². The molecule has 0 unspecified atom stereocenters. The number of nitrogens with zero attached hydrogens (tertiary/aromatic N) is 3. The summed E-state index contributed by atoms with van der Waals surface area (Å²) in [7, 11) is 1.95. The van der Waals surface area contributed by atoms with Crippen LogP contribution in [0.3, 0.4) is 0 Å². The third-order valence-corrected chi connectivity index (χ3v) is 5.96. The summed E-state index contributed by atoms with van der Waals surface area (Å²) >= 11 is 1.51. The van der Waals surface area contributed by atoms with Gasteiger partial charge in [0.2, 0.25) is 0 Å². The molecule has 126 valence electrons. The minimum Gasteiger partial charge on any atom is -0.481 e. The first-order chi connectivity index (χ1) is 11.0. The molecular formula is C16H23N3O3S. The van der Waals surface area contributed by atoms with Crippen LogP contribution in [0.4, 0.5) is 0 Å². The first-order valence-electron chi connectivity index (χ1n) is 8.12. The third kappa shape index (κ3) is 2.87. The number of carboxylic acid groups (broad SMARTS) is 1. The lowest BCUT2D eigenvalue weighted by Crippen LogP contribution is -2.52. The second-order valence-electron chi connectivity index (χ2n) is 6.75. The molecule has 3 rings (SSSR count). The lowest BCUT2D eigenvalue weighted by atomic mass is 9.73. The minimum atomic E-state index is -0.828. The van der Waals surface area contributed by atoms with Gasteiger partial charge in [0.1, 0.15) is 11.1 Å². The van der Waals surface area contributed by atoms with Gasteiger partial charge in [0.15, 0.2) is 0 Å². The van der Waals surface area contributed by atoms with Gasteiger partial charge < -0.3 is 14.9 Å². The fourth-order valence-electron chi connectivity index (χ4n) is 3.82. The normalized spacial score (nSPS) is 27.9. The van der Waals surface area contributed by atoms with E-state index in [0.29, 0.717) is 18.8 Å². The maximum absolute atomic E-state index is 12.7. The summed E-state index contributed by atoms with van der Waals surface area (Å²) in [6.07, 6.45) is 2.70. The number of aromatic nitrogens is 1. The standard InChI is InChI=1S/C16H23N3O3S/c1-3-4-13-17-12(8-23-13)14(20)19-7-11-5-6-18(2)9-16(11,10-19)15(21)22/h8,11H,3-7,9-10H2,1-2H3,(H,21,22)/t11-,16-/m0/s1. The highest BCUT2D eigenvalue weighted by Crippen LogP contribution is 2.42. The van der Waals surface area contributed by atoms with Gasteiger partial charge in [0, 0.05) is 25.0 Å². The van der Waals surface area contributed by atoms with E-state index in [1.54, 1.807) is 10.3 Å². The summed E-state index contributed by atoms with van der Waals surface area (Å²) in [4.78, 5) is 32.8. The number of carbonyl (C=O) groups excluding carboxylic acids is 1. The monoisotopic (exact) mass is 337 g/mol. The molecular weight excluding hydrogens is 314 g/mol. The van der Waals surface area contributed by atoms with Crippen LogP contribution >= 0.6 is 11.3 Å². The van der Waals surface area contributed by atoms with E-state index in [1.165, 1.54) is 11.3 Å². The summed E-state index contributed by atoms with van der Waals surface area (Å²) in [6.45, 7) is 4.30. The van der Waals surface area contributed by atoms with Crippen molar-refractivity contribution in [2.45, 2.75) is 26.2 Å². The van der Waals surface area contributed by atoms with Gasteiger partial charge in [-0.3, -0.25) is 9.59 Å². The van der Waals surface area contributed by atoms with Crippen LogP contribution in [0.15, 0.2) is 5.38 Å². The summed E-state index contributed by atoms with van der Waals surface area (Å²) in [5.41, 5.74) is -0.365. The Morgan fingerprint density at radius 2 is 2.26 bits per heavy atom. The molecule has 1 amide bonds. The lowest BCUT2D eigenvalue weighted by molar-refractivity contribution is -0.153. The third-order valence-electron chi connectivity index (χ3n) is 5.05. The number of hydrogen-bond acceptors (Lipinski definition) is 5. The van der Waals surface area contributed by atoms with Gasteiger partial charge in [-0.25, -0.2) is 4.98 Å². The van der Waals surface area contributed by atoms with Crippen LogP contribution in [-0.4, -0.2) is 65.0 Å². The smallest absolute Gasteiger partial charge is 0.313 e. The first-order valence-corrected chi connectivity index (χ1v) is 9.00. The second kappa shape index (κ2) is 6.20. The number of piperidine rings is 1. The summed E-state index contributed by atoms with van der Waals surface area (Å²) in [5.74, 6) is -0.871. The van der Waals surface area contributed by atoms with Gasteiger partial charge in [0.25, 0.3) is 5.91 Å². The number of carboxylic acids is 1. The molecule has 1 aromatic rings. The maximum Gasteiger partial charge on any atom is 0.313 e. The number of amides is 1. The molecule has 2 fully saturated rings. The molecule has 1 N–H and O–H groups in total. The van der Waals surface area contributed by atoms with Crippen LogP contribution in [0.2, 0.25) is 0 Å². The van der Waals surface area contributed by atoms with Crippen molar-refractivity contribution in [1.29, 1.82) is 0 Å². The van der Waals surface area contributed by atoms with E-state index in [0.717, 1.165) is 30.8 Å². The molecule has 0 aliphatic carbocycles. The van der Waals surface area contributed by atoms with E-state index in [-0.39, 0.29) is 18.4 Å². The molecule has 0 bridgehead atoms. The average Bonchev–Trinajstić information content (AvgIpc) is 3.11. The van der Waals surface area contributed by atoms with Crippen molar-refractivity contribution in [3.05, 3.63) is 16.1 Å². The van der Waals surface area contributed by atoms with Gasteiger partial charge in [-0.15, -0.1) is 11.3 Å². The summed E-state index contributed by atoms with van der Waals surface area (Å²) in [5, 5.41) is 12.6. The van der Waals surface area contributed by atoms with E-state index >= 15 is 0 Å². The van der Waals surface area contributed by atoms with E-state index in [4.69, 9.17) is 0 Å². The van der Waals surface area contributed by atoms with E-state index in [1.807, 2.05) is 7.05 Å². The van der Waals surface area contributed by atoms with Crippen LogP contribution < -0.4 is 0 Å². The minimum absolute atomic E-state index is 0.0360. The molecule has 23 heavy (non-hydrogen) atoms. The maximum atomic E-state index is 12.7.